The van der Waals surface area contributed by atoms with Crippen molar-refractivity contribution in [2.24, 2.45) is 0 Å². The maximum absolute atomic E-state index is 14.3. The molecule has 1 aromatic heterocycles. The van der Waals surface area contributed by atoms with Crippen molar-refractivity contribution in [2.75, 3.05) is 36.2 Å². The Balaban J connectivity index is 1.56. The van der Waals surface area contributed by atoms with E-state index < -0.39 is 15.7 Å². The molecule has 0 bridgehead atoms. The van der Waals surface area contributed by atoms with Gasteiger partial charge in [-0.1, -0.05) is 12.1 Å². The summed E-state index contributed by atoms with van der Waals surface area (Å²) in [7, 11) is -3.65. The van der Waals surface area contributed by atoms with E-state index in [1.807, 2.05) is 24.0 Å². The third kappa shape index (κ3) is 5.89. The van der Waals surface area contributed by atoms with Gasteiger partial charge < -0.3 is 20.3 Å². The van der Waals surface area contributed by atoms with Crippen LogP contribution < -0.4 is 15.5 Å². The average molecular weight is 526 g/mol. The number of aromatic nitrogens is 2. The van der Waals surface area contributed by atoms with Gasteiger partial charge in [-0.25, -0.2) is 27.6 Å². The van der Waals surface area contributed by atoms with Crippen LogP contribution in [0.1, 0.15) is 19.8 Å². The van der Waals surface area contributed by atoms with Crippen molar-refractivity contribution >= 4 is 27.5 Å². The molecular formula is C26H28FN5O4S. The minimum absolute atomic E-state index is 0.00436. The molecule has 2 aliphatic rings. The van der Waals surface area contributed by atoms with Crippen molar-refractivity contribution in [2.45, 2.75) is 36.7 Å². The summed E-state index contributed by atoms with van der Waals surface area (Å²) in [6, 6.07) is 12.4. The number of hydrogen-bond acceptors (Lipinski definition) is 7. The predicted octanol–water partition coefficient (Wildman–Crippen LogP) is 3.86. The molecule has 0 spiro atoms. The normalized spacial score (nSPS) is 17.9. The molecule has 2 aromatic carbocycles. The molecule has 1 saturated carbocycles. The molecule has 2 N–H and O–H groups in total. The van der Waals surface area contributed by atoms with Crippen molar-refractivity contribution in [1.82, 2.24) is 15.3 Å². The monoisotopic (exact) mass is 525 g/mol. The second kappa shape index (κ2) is 10.1. The second-order valence-electron chi connectivity index (χ2n) is 9.42. The zero-order chi connectivity index (χ0) is 26.2. The van der Waals surface area contributed by atoms with Crippen LogP contribution in [0.4, 0.5) is 20.8 Å². The third-order valence-corrected chi connectivity index (χ3v) is 7.46. The molecule has 1 unspecified atom stereocenters. The van der Waals surface area contributed by atoms with E-state index in [4.69, 9.17) is 9.72 Å². The second-order valence-corrected chi connectivity index (χ2v) is 11.4. The lowest BCUT2D eigenvalue weighted by atomic mass is 10.1. The molecule has 37 heavy (non-hydrogen) atoms. The van der Waals surface area contributed by atoms with Gasteiger partial charge in [0.1, 0.15) is 5.82 Å². The number of benzene rings is 2. The Hall–Kier alpha value is -3.57. The van der Waals surface area contributed by atoms with Gasteiger partial charge in [-0.2, -0.15) is 0 Å². The van der Waals surface area contributed by atoms with Gasteiger partial charge in [0.25, 0.3) is 0 Å². The Morgan fingerprint density at radius 1 is 1.08 bits per heavy atom. The summed E-state index contributed by atoms with van der Waals surface area (Å²) in [5.41, 5.74) is 2.36. The van der Waals surface area contributed by atoms with Gasteiger partial charge in [0, 0.05) is 35.7 Å². The highest BCUT2D eigenvalue weighted by molar-refractivity contribution is 7.90. The lowest BCUT2D eigenvalue weighted by Crippen LogP contribution is -2.44. The highest BCUT2D eigenvalue weighted by Gasteiger charge is 2.25. The van der Waals surface area contributed by atoms with E-state index in [2.05, 4.69) is 15.6 Å². The first-order chi connectivity index (χ1) is 17.7. The largest absolute Gasteiger partial charge is 0.377 e. The Bertz CT molecular complexity index is 1430. The van der Waals surface area contributed by atoms with Crippen LogP contribution in [-0.2, 0) is 14.6 Å². The lowest BCUT2D eigenvalue weighted by Gasteiger charge is -2.33. The number of carbonyl (C=O) groups is 1. The number of nitrogens with zero attached hydrogens (tertiary/aromatic N) is 3. The predicted molar refractivity (Wildman–Crippen MR) is 139 cm³/mol. The van der Waals surface area contributed by atoms with Gasteiger partial charge in [-0.15, -0.1) is 0 Å². The van der Waals surface area contributed by atoms with Gasteiger partial charge in [-0.05, 0) is 56.2 Å². The van der Waals surface area contributed by atoms with Crippen molar-refractivity contribution in [3.05, 3.63) is 54.3 Å². The van der Waals surface area contributed by atoms with E-state index in [9.17, 15) is 17.6 Å². The number of rotatable bonds is 6. The molecule has 2 amide bonds. The maximum atomic E-state index is 14.3. The van der Waals surface area contributed by atoms with Crippen LogP contribution in [0.2, 0.25) is 0 Å². The van der Waals surface area contributed by atoms with Crippen molar-refractivity contribution in [1.29, 1.82) is 0 Å². The highest BCUT2D eigenvalue weighted by atomic mass is 32.2. The number of carbonyl (C=O) groups excluding carboxylic acids is 1. The maximum Gasteiger partial charge on any atom is 0.319 e. The first kappa shape index (κ1) is 25.1. The Labute approximate surface area is 215 Å². The number of nitrogens with one attached hydrogen (secondary N) is 2. The number of halogens is 1. The first-order valence-electron chi connectivity index (χ1n) is 12.1. The topological polar surface area (TPSA) is 114 Å². The molecular weight excluding hydrogens is 497 g/mol. The third-order valence-electron chi connectivity index (χ3n) is 6.31. The number of ether oxygens (including phenoxy) is 1. The Morgan fingerprint density at radius 2 is 1.81 bits per heavy atom. The number of hydrogen-bond donors (Lipinski definition) is 2. The number of amides is 2. The standard InChI is InChI=1S/C26H28FN5O4S/c1-16-15-36-12-11-32(16)25-30-22(17-3-6-19(7-4-17)28-26(33)29-20-8-9-20)14-23(31-25)21-13-18(27)5-10-24(21)37(2,34)35/h3-7,10,13-14,16,20H,8-9,11-12,15H2,1-2H3,(H2,28,29,33). The minimum atomic E-state index is -3.65. The summed E-state index contributed by atoms with van der Waals surface area (Å²) in [5, 5.41) is 5.69. The van der Waals surface area contributed by atoms with E-state index in [0.29, 0.717) is 42.8 Å². The zero-order valence-electron chi connectivity index (χ0n) is 20.6. The summed E-state index contributed by atoms with van der Waals surface area (Å²) >= 11 is 0. The summed E-state index contributed by atoms with van der Waals surface area (Å²) in [4.78, 5) is 23.5. The summed E-state index contributed by atoms with van der Waals surface area (Å²) in [6.07, 6.45) is 3.08. The van der Waals surface area contributed by atoms with E-state index in [-0.39, 0.29) is 28.6 Å². The van der Waals surface area contributed by atoms with Crippen LogP contribution in [-0.4, -0.2) is 62.5 Å². The van der Waals surface area contributed by atoms with Crippen LogP contribution >= 0.6 is 0 Å². The van der Waals surface area contributed by atoms with Gasteiger partial charge in [0.15, 0.2) is 9.84 Å². The molecule has 11 heteroatoms. The molecule has 194 valence electrons. The van der Waals surface area contributed by atoms with Gasteiger partial charge in [0.2, 0.25) is 5.95 Å². The quantitative estimate of drug-likeness (QED) is 0.470. The van der Waals surface area contributed by atoms with Crippen LogP contribution in [0.3, 0.4) is 0 Å². The van der Waals surface area contributed by atoms with Crippen molar-refractivity contribution in [3.8, 4) is 22.5 Å². The Morgan fingerprint density at radius 3 is 2.49 bits per heavy atom. The fourth-order valence-corrected chi connectivity index (χ4v) is 5.08. The number of urea groups is 1. The first-order valence-corrected chi connectivity index (χ1v) is 14.0. The summed E-state index contributed by atoms with van der Waals surface area (Å²) in [6.45, 7) is 3.56. The van der Waals surface area contributed by atoms with Crippen LogP contribution in [0.15, 0.2) is 53.4 Å². The van der Waals surface area contributed by atoms with Gasteiger partial charge in [-0.3, -0.25) is 0 Å². The van der Waals surface area contributed by atoms with Crippen molar-refractivity contribution in [3.63, 3.8) is 0 Å². The molecule has 5 rings (SSSR count). The smallest absolute Gasteiger partial charge is 0.319 e. The molecule has 0 radical (unpaired) electrons. The van der Waals surface area contributed by atoms with E-state index in [1.54, 1.807) is 18.2 Å². The number of sulfone groups is 1. The SMILES string of the molecule is CC1COCCN1c1nc(-c2ccc(NC(=O)NC3CC3)cc2)cc(-c2cc(F)ccc2S(C)(=O)=O)n1. The summed E-state index contributed by atoms with van der Waals surface area (Å²) < 4.78 is 44.8. The Kier molecular flexibility index (Phi) is 6.82. The van der Waals surface area contributed by atoms with Crippen LogP contribution in [0, 0.1) is 5.82 Å². The molecule has 2 fully saturated rings. The van der Waals surface area contributed by atoms with E-state index >= 15 is 0 Å². The van der Waals surface area contributed by atoms with Crippen LogP contribution in [0.5, 0.6) is 0 Å². The van der Waals surface area contributed by atoms with E-state index in [0.717, 1.165) is 30.7 Å². The fraction of sp³-hybridized carbons (Fsp3) is 0.346. The zero-order valence-corrected chi connectivity index (χ0v) is 21.4. The molecule has 1 aliphatic carbocycles. The number of morpholine rings is 1. The fourth-order valence-electron chi connectivity index (χ4n) is 4.20. The minimum Gasteiger partial charge on any atom is -0.377 e. The molecule has 2 heterocycles. The number of anilines is 2. The van der Waals surface area contributed by atoms with E-state index in [1.165, 1.54) is 12.1 Å². The summed E-state index contributed by atoms with van der Waals surface area (Å²) in [5.74, 6) is -0.165. The highest BCUT2D eigenvalue weighted by Crippen LogP contribution is 2.32. The lowest BCUT2D eigenvalue weighted by molar-refractivity contribution is 0.0981. The molecule has 1 aliphatic heterocycles. The van der Waals surface area contributed by atoms with Crippen LogP contribution in [0.25, 0.3) is 22.5 Å². The molecule has 9 nitrogen and oxygen atoms in total. The van der Waals surface area contributed by atoms with Gasteiger partial charge >= 0.3 is 6.03 Å². The average Bonchev–Trinajstić information content (AvgIpc) is 3.67. The van der Waals surface area contributed by atoms with Gasteiger partial charge in [0.05, 0.1) is 35.5 Å². The molecule has 1 atom stereocenters. The molecule has 1 saturated heterocycles. The molecule has 3 aromatic rings. The van der Waals surface area contributed by atoms with Crippen molar-refractivity contribution < 1.29 is 22.3 Å².